The van der Waals surface area contributed by atoms with Crippen molar-refractivity contribution in [2.24, 2.45) is 5.73 Å². The molecule has 2 rings (SSSR count). The Balaban J connectivity index is 2.19. The average Bonchev–Trinajstić information content (AvgIpc) is 2.46. The Morgan fingerprint density at radius 3 is 2.57 bits per heavy atom. The number of carbonyl (C=O) groups is 1. The van der Waals surface area contributed by atoms with E-state index >= 15 is 0 Å². The van der Waals surface area contributed by atoms with Crippen LogP contribution in [0.3, 0.4) is 0 Å². The summed E-state index contributed by atoms with van der Waals surface area (Å²) in [7, 11) is 0. The molecule has 0 fully saturated rings. The first kappa shape index (κ1) is 15.0. The van der Waals surface area contributed by atoms with Crippen LogP contribution in [-0.2, 0) is 11.4 Å². The first-order valence-corrected chi connectivity index (χ1v) is 6.44. The second-order valence-electron chi connectivity index (χ2n) is 4.74. The van der Waals surface area contributed by atoms with Gasteiger partial charge >= 0.3 is 5.97 Å². The van der Waals surface area contributed by atoms with E-state index < -0.39 is 17.8 Å². The van der Waals surface area contributed by atoms with Gasteiger partial charge in [0.25, 0.3) is 0 Å². The van der Waals surface area contributed by atoms with Crippen molar-refractivity contribution >= 4 is 5.97 Å². The van der Waals surface area contributed by atoms with Gasteiger partial charge in [-0.25, -0.2) is 4.39 Å². The Morgan fingerprint density at radius 2 is 2.00 bits per heavy atom. The SMILES string of the molecule is Cc1cc(C(N)C(=O)O)cc(F)c1OCc1ccccc1. The Bertz CT molecular complexity index is 620. The first-order chi connectivity index (χ1) is 9.99. The molecular formula is C16H16FNO3. The van der Waals surface area contributed by atoms with Crippen molar-refractivity contribution in [1.82, 2.24) is 0 Å². The molecule has 1 atom stereocenters. The fraction of sp³-hybridized carbons (Fsp3) is 0.188. The zero-order chi connectivity index (χ0) is 15.4. The van der Waals surface area contributed by atoms with E-state index in [1.54, 1.807) is 6.92 Å². The first-order valence-electron chi connectivity index (χ1n) is 6.44. The molecule has 1 unspecified atom stereocenters. The molecule has 0 aliphatic rings. The number of halogens is 1. The molecular weight excluding hydrogens is 273 g/mol. The second kappa shape index (κ2) is 6.37. The number of rotatable bonds is 5. The molecule has 2 aromatic carbocycles. The lowest BCUT2D eigenvalue weighted by molar-refractivity contribution is -0.138. The van der Waals surface area contributed by atoms with E-state index in [0.29, 0.717) is 5.56 Å². The molecule has 0 bridgehead atoms. The van der Waals surface area contributed by atoms with Crippen LogP contribution in [0.1, 0.15) is 22.7 Å². The number of aryl methyl sites for hydroxylation is 1. The van der Waals surface area contributed by atoms with E-state index in [2.05, 4.69) is 0 Å². The van der Waals surface area contributed by atoms with Crippen molar-refractivity contribution in [3.8, 4) is 5.75 Å². The Hall–Kier alpha value is -2.40. The quantitative estimate of drug-likeness (QED) is 0.887. The van der Waals surface area contributed by atoms with Gasteiger partial charge in [0.15, 0.2) is 11.6 Å². The van der Waals surface area contributed by atoms with Gasteiger partial charge in [-0.3, -0.25) is 4.79 Å². The van der Waals surface area contributed by atoms with Gasteiger partial charge in [-0.15, -0.1) is 0 Å². The van der Waals surface area contributed by atoms with Crippen molar-refractivity contribution in [2.75, 3.05) is 0 Å². The normalized spacial score (nSPS) is 12.0. The average molecular weight is 289 g/mol. The zero-order valence-electron chi connectivity index (χ0n) is 11.5. The number of benzene rings is 2. The number of hydrogen-bond donors (Lipinski definition) is 2. The highest BCUT2D eigenvalue weighted by Crippen LogP contribution is 2.27. The Kier molecular flexibility index (Phi) is 4.55. The van der Waals surface area contributed by atoms with Gasteiger partial charge in [0.2, 0.25) is 0 Å². The smallest absolute Gasteiger partial charge is 0.325 e. The van der Waals surface area contributed by atoms with E-state index in [1.807, 2.05) is 30.3 Å². The van der Waals surface area contributed by atoms with Gasteiger partial charge in [-0.1, -0.05) is 36.4 Å². The van der Waals surface area contributed by atoms with E-state index in [-0.39, 0.29) is 17.9 Å². The monoisotopic (exact) mass is 289 g/mol. The number of ether oxygens (including phenoxy) is 1. The lowest BCUT2D eigenvalue weighted by Crippen LogP contribution is -2.21. The zero-order valence-corrected chi connectivity index (χ0v) is 11.5. The van der Waals surface area contributed by atoms with Crippen molar-refractivity contribution in [3.63, 3.8) is 0 Å². The summed E-state index contributed by atoms with van der Waals surface area (Å²) in [6, 6.07) is 10.8. The van der Waals surface area contributed by atoms with Crippen LogP contribution in [0.25, 0.3) is 0 Å². The Morgan fingerprint density at radius 1 is 1.33 bits per heavy atom. The number of aliphatic carboxylic acids is 1. The molecule has 21 heavy (non-hydrogen) atoms. The highest BCUT2D eigenvalue weighted by atomic mass is 19.1. The van der Waals surface area contributed by atoms with Crippen LogP contribution in [-0.4, -0.2) is 11.1 Å². The number of carboxylic acids is 1. The molecule has 0 saturated carbocycles. The van der Waals surface area contributed by atoms with E-state index in [1.165, 1.54) is 6.07 Å². The Labute approximate surface area is 122 Å². The van der Waals surface area contributed by atoms with Gasteiger partial charge in [-0.05, 0) is 29.7 Å². The van der Waals surface area contributed by atoms with E-state index in [0.717, 1.165) is 11.6 Å². The molecule has 110 valence electrons. The van der Waals surface area contributed by atoms with E-state index in [4.69, 9.17) is 15.6 Å². The van der Waals surface area contributed by atoms with Crippen molar-refractivity contribution in [2.45, 2.75) is 19.6 Å². The molecule has 0 aliphatic heterocycles. The van der Waals surface area contributed by atoms with Crippen LogP contribution in [0.4, 0.5) is 4.39 Å². The maximum atomic E-state index is 14.1. The van der Waals surface area contributed by atoms with Gasteiger partial charge in [0.1, 0.15) is 12.6 Å². The van der Waals surface area contributed by atoms with Crippen LogP contribution in [0.5, 0.6) is 5.75 Å². The van der Waals surface area contributed by atoms with Crippen LogP contribution in [0.2, 0.25) is 0 Å². The van der Waals surface area contributed by atoms with E-state index in [9.17, 15) is 9.18 Å². The number of nitrogens with two attached hydrogens (primary N) is 1. The lowest BCUT2D eigenvalue weighted by atomic mass is 10.0. The second-order valence-corrected chi connectivity index (χ2v) is 4.74. The fourth-order valence-corrected chi connectivity index (χ4v) is 1.99. The van der Waals surface area contributed by atoms with Gasteiger partial charge < -0.3 is 15.6 Å². The highest BCUT2D eigenvalue weighted by molar-refractivity contribution is 5.75. The molecule has 0 heterocycles. The molecule has 0 radical (unpaired) electrons. The molecule has 0 aliphatic carbocycles. The number of hydrogen-bond acceptors (Lipinski definition) is 3. The van der Waals surface area contributed by atoms with Gasteiger partial charge in [0, 0.05) is 0 Å². The summed E-state index contributed by atoms with van der Waals surface area (Å²) >= 11 is 0. The maximum Gasteiger partial charge on any atom is 0.325 e. The van der Waals surface area contributed by atoms with Crippen molar-refractivity contribution in [1.29, 1.82) is 0 Å². The third kappa shape index (κ3) is 3.58. The number of carboxylic acid groups (broad SMARTS) is 1. The minimum absolute atomic E-state index is 0.111. The van der Waals surface area contributed by atoms with Crippen molar-refractivity contribution in [3.05, 3.63) is 65.0 Å². The summed E-state index contributed by atoms with van der Waals surface area (Å²) < 4.78 is 19.5. The van der Waals surface area contributed by atoms with Gasteiger partial charge in [-0.2, -0.15) is 0 Å². The molecule has 0 amide bonds. The topological polar surface area (TPSA) is 72.6 Å². The summed E-state index contributed by atoms with van der Waals surface area (Å²) in [5, 5.41) is 8.86. The fourth-order valence-electron chi connectivity index (χ4n) is 1.99. The summed E-state index contributed by atoms with van der Waals surface area (Å²) in [6.45, 7) is 1.89. The van der Waals surface area contributed by atoms with Crippen molar-refractivity contribution < 1.29 is 19.0 Å². The molecule has 2 aromatic rings. The largest absolute Gasteiger partial charge is 0.486 e. The summed E-state index contributed by atoms with van der Waals surface area (Å²) in [5.41, 5.74) is 7.13. The lowest BCUT2D eigenvalue weighted by Gasteiger charge is -2.14. The predicted octanol–water partition coefficient (Wildman–Crippen LogP) is 2.80. The predicted molar refractivity (Wildman–Crippen MR) is 76.5 cm³/mol. The molecule has 3 N–H and O–H groups in total. The van der Waals surface area contributed by atoms with Crippen LogP contribution in [0.15, 0.2) is 42.5 Å². The molecule has 0 aromatic heterocycles. The minimum Gasteiger partial charge on any atom is -0.486 e. The van der Waals surface area contributed by atoms with Gasteiger partial charge in [0.05, 0.1) is 0 Å². The summed E-state index contributed by atoms with van der Waals surface area (Å²) in [4.78, 5) is 10.8. The standard InChI is InChI=1S/C16H16FNO3/c1-10-7-12(14(18)16(19)20)8-13(17)15(10)21-9-11-5-3-2-4-6-11/h2-8,14H,9,18H2,1H3,(H,19,20). The maximum absolute atomic E-state index is 14.1. The summed E-state index contributed by atoms with van der Waals surface area (Å²) in [6.07, 6.45) is 0. The third-order valence-corrected chi connectivity index (χ3v) is 3.10. The highest BCUT2D eigenvalue weighted by Gasteiger charge is 2.18. The molecule has 0 spiro atoms. The van der Waals surface area contributed by atoms with Crippen LogP contribution in [0, 0.1) is 12.7 Å². The molecule has 4 nitrogen and oxygen atoms in total. The van der Waals surface area contributed by atoms with Crippen LogP contribution >= 0.6 is 0 Å². The molecule has 0 saturated heterocycles. The minimum atomic E-state index is -1.25. The van der Waals surface area contributed by atoms with Crippen LogP contribution < -0.4 is 10.5 Å². The summed E-state index contributed by atoms with van der Waals surface area (Å²) in [5.74, 6) is -1.70. The molecule has 5 heteroatoms. The third-order valence-electron chi connectivity index (χ3n) is 3.10.